The second-order valence-electron chi connectivity index (χ2n) is 5.45. The predicted molar refractivity (Wildman–Crippen MR) is 101 cm³/mol. The number of methoxy groups -OCH3 is 1. The van der Waals surface area contributed by atoms with Gasteiger partial charge < -0.3 is 13.9 Å². The van der Waals surface area contributed by atoms with Crippen molar-refractivity contribution in [3.63, 3.8) is 0 Å². The number of rotatable bonds is 7. The molecule has 132 valence electrons. The Morgan fingerprint density at radius 3 is 2.58 bits per heavy atom. The molecule has 0 saturated carbocycles. The number of allylic oxidation sites excluding steroid dienone is 1. The number of hydrogen-bond acceptors (Lipinski definition) is 4. The highest BCUT2D eigenvalue weighted by Crippen LogP contribution is 2.24. The molecular weight excluding hydrogens is 352 g/mol. The molecule has 0 fully saturated rings. The van der Waals surface area contributed by atoms with Crippen molar-refractivity contribution in [1.29, 1.82) is 0 Å². The Hall–Kier alpha value is -2.98. The van der Waals surface area contributed by atoms with E-state index in [2.05, 4.69) is 0 Å². The maximum atomic E-state index is 12.2. The number of para-hydroxylation sites is 1. The van der Waals surface area contributed by atoms with Gasteiger partial charge in [0.1, 0.15) is 29.6 Å². The van der Waals surface area contributed by atoms with Crippen molar-refractivity contribution in [2.24, 2.45) is 0 Å². The highest BCUT2D eigenvalue weighted by atomic mass is 35.5. The fraction of sp³-hybridized carbons (Fsp3) is 0.0952. The number of carbonyl (C=O) groups is 1. The minimum Gasteiger partial charge on any atom is -0.497 e. The molecule has 0 saturated heterocycles. The molecule has 0 spiro atoms. The van der Waals surface area contributed by atoms with Gasteiger partial charge in [-0.25, -0.2) is 0 Å². The molecule has 0 radical (unpaired) electrons. The number of halogens is 1. The summed E-state index contributed by atoms with van der Waals surface area (Å²) in [5, 5.41) is 0.546. The summed E-state index contributed by atoms with van der Waals surface area (Å²) in [5.41, 5.74) is 0.580. The Balaban J connectivity index is 1.59. The fourth-order valence-corrected chi connectivity index (χ4v) is 2.47. The van der Waals surface area contributed by atoms with Gasteiger partial charge in [0.15, 0.2) is 5.78 Å². The highest BCUT2D eigenvalue weighted by Gasteiger charge is 2.05. The zero-order valence-electron chi connectivity index (χ0n) is 14.1. The van der Waals surface area contributed by atoms with E-state index >= 15 is 0 Å². The number of benzene rings is 2. The third-order valence-corrected chi connectivity index (χ3v) is 3.97. The quantitative estimate of drug-likeness (QED) is 0.413. The number of ketones is 1. The van der Waals surface area contributed by atoms with Gasteiger partial charge >= 0.3 is 0 Å². The van der Waals surface area contributed by atoms with Crippen LogP contribution in [0.5, 0.6) is 11.5 Å². The molecule has 0 amide bonds. The molecule has 3 aromatic rings. The van der Waals surface area contributed by atoms with Crippen LogP contribution in [0.1, 0.15) is 21.9 Å². The lowest BCUT2D eigenvalue weighted by atomic mass is 10.1. The number of carbonyl (C=O) groups excluding carboxylic acids is 1. The van der Waals surface area contributed by atoms with Crippen LogP contribution in [0.15, 0.2) is 71.2 Å². The molecule has 1 aromatic heterocycles. The van der Waals surface area contributed by atoms with Crippen LogP contribution in [0.25, 0.3) is 6.08 Å². The number of furan rings is 1. The van der Waals surface area contributed by atoms with E-state index in [-0.39, 0.29) is 12.4 Å². The normalized spacial score (nSPS) is 10.8. The summed E-state index contributed by atoms with van der Waals surface area (Å²) < 4.78 is 16.3. The molecule has 0 aliphatic carbocycles. The monoisotopic (exact) mass is 368 g/mol. The van der Waals surface area contributed by atoms with Gasteiger partial charge in [-0.05, 0) is 60.7 Å². The van der Waals surface area contributed by atoms with Crippen LogP contribution in [-0.4, -0.2) is 12.9 Å². The zero-order chi connectivity index (χ0) is 18.4. The Labute approximate surface area is 156 Å². The first-order valence-electron chi connectivity index (χ1n) is 7.98. The van der Waals surface area contributed by atoms with Crippen LogP contribution < -0.4 is 9.47 Å². The molecule has 2 aromatic carbocycles. The van der Waals surface area contributed by atoms with Gasteiger partial charge in [-0.1, -0.05) is 23.7 Å². The molecule has 4 nitrogen and oxygen atoms in total. The lowest BCUT2D eigenvalue weighted by Crippen LogP contribution is -1.94. The summed E-state index contributed by atoms with van der Waals surface area (Å²) in [6.45, 7) is 0.254. The smallest absolute Gasteiger partial charge is 0.185 e. The Bertz CT molecular complexity index is 910. The average Bonchev–Trinajstić information content (AvgIpc) is 3.13. The SMILES string of the molecule is COc1ccc(C(=O)/C=C/c2ccc(COc3ccccc3Cl)o2)cc1. The summed E-state index contributed by atoms with van der Waals surface area (Å²) in [4.78, 5) is 12.2. The summed E-state index contributed by atoms with van der Waals surface area (Å²) in [5.74, 6) is 2.40. The van der Waals surface area contributed by atoms with E-state index in [0.29, 0.717) is 33.6 Å². The van der Waals surface area contributed by atoms with E-state index in [4.69, 9.17) is 25.5 Å². The van der Waals surface area contributed by atoms with Crippen molar-refractivity contribution in [2.75, 3.05) is 7.11 Å². The van der Waals surface area contributed by atoms with Gasteiger partial charge in [0.05, 0.1) is 12.1 Å². The van der Waals surface area contributed by atoms with Crippen LogP contribution in [0.2, 0.25) is 5.02 Å². The van der Waals surface area contributed by atoms with Crippen LogP contribution in [-0.2, 0) is 6.61 Å². The molecule has 0 aliphatic rings. The van der Waals surface area contributed by atoms with E-state index in [1.54, 1.807) is 61.7 Å². The zero-order valence-corrected chi connectivity index (χ0v) is 14.9. The van der Waals surface area contributed by atoms with Gasteiger partial charge in [-0.3, -0.25) is 4.79 Å². The molecule has 26 heavy (non-hydrogen) atoms. The van der Waals surface area contributed by atoms with E-state index in [0.717, 1.165) is 0 Å². The van der Waals surface area contributed by atoms with Gasteiger partial charge in [0, 0.05) is 5.56 Å². The van der Waals surface area contributed by atoms with Crippen molar-refractivity contribution in [2.45, 2.75) is 6.61 Å². The topological polar surface area (TPSA) is 48.7 Å². The van der Waals surface area contributed by atoms with Crippen molar-refractivity contribution in [3.8, 4) is 11.5 Å². The Morgan fingerprint density at radius 1 is 1.08 bits per heavy atom. The van der Waals surface area contributed by atoms with Crippen molar-refractivity contribution >= 4 is 23.5 Å². The lowest BCUT2D eigenvalue weighted by molar-refractivity contribution is 0.104. The van der Waals surface area contributed by atoms with E-state index in [1.807, 2.05) is 12.1 Å². The summed E-state index contributed by atoms with van der Waals surface area (Å²) in [7, 11) is 1.58. The number of hydrogen-bond donors (Lipinski definition) is 0. The molecule has 5 heteroatoms. The standard InChI is InChI=1S/C21H17ClO4/c1-24-16-8-6-15(7-9-16)20(23)13-12-17-10-11-18(26-17)14-25-21-5-3-2-4-19(21)22/h2-13H,14H2,1H3/b13-12+. The summed E-state index contributed by atoms with van der Waals surface area (Å²) >= 11 is 6.05. The Morgan fingerprint density at radius 2 is 1.85 bits per heavy atom. The van der Waals surface area contributed by atoms with E-state index < -0.39 is 0 Å². The predicted octanol–water partition coefficient (Wildman–Crippen LogP) is 5.42. The molecule has 0 unspecified atom stereocenters. The molecule has 0 N–H and O–H groups in total. The second kappa shape index (κ2) is 8.41. The molecule has 3 rings (SSSR count). The van der Waals surface area contributed by atoms with E-state index in [9.17, 15) is 4.79 Å². The molecule has 0 bridgehead atoms. The minimum absolute atomic E-state index is 0.113. The third-order valence-electron chi connectivity index (χ3n) is 3.66. The van der Waals surface area contributed by atoms with E-state index in [1.165, 1.54) is 6.08 Å². The highest BCUT2D eigenvalue weighted by molar-refractivity contribution is 6.32. The van der Waals surface area contributed by atoms with Gasteiger partial charge in [-0.2, -0.15) is 0 Å². The van der Waals surface area contributed by atoms with Crippen molar-refractivity contribution in [1.82, 2.24) is 0 Å². The first-order valence-corrected chi connectivity index (χ1v) is 8.36. The number of ether oxygens (including phenoxy) is 2. The maximum absolute atomic E-state index is 12.2. The van der Waals surface area contributed by atoms with Crippen LogP contribution >= 0.6 is 11.6 Å². The van der Waals surface area contributed by atoms with Gasteiger partial charge in [0.2, 0.25) is 0 Å². The van der Waals surface area contributed by atoms with Gasteiger partial charge in [-0.15, -0.1) is 0 Å². The van der Waals surface area contributed by atoms with Crippen LogP contribution in [0, 0.1) is 0 Å². The summed E-state index contributed by atoms with van der Waals surface area (Å²) in [6.07, 6.45) is 3.10. The maximum Gasteiger partial charge on any atom is 0.185 e. The molecular formula is C21H17ClO4. The van der Waals surface area contributed by atoms with Crippen LogP contribution in [0.3, 0.4) is 0 Å². The second-order valence-corrected chi connectivity index (χ2v) is 5.86. The molecule has 0 atom stereocenters. The first-order chi connectivity index (χ1) is 12.7. The Kier molecular flexibility index (Phi) is 5.77. The average molecular weight is 369 g/mol. The minimum atomic E-state index is -0.113. The molecule has 1 heterocycles. The first kappa shape index (κ1) is 17.8. The third kappa shape index (κ3) is 4.55. The summed E-state index contributed by atoms with van der Waals surface area (Å²) in [6, 6.07) is 17.8. The largest absolute Gasteiger partial charge is 0.497 e. The van der Waals surface area contributed by atoms with Crippen LogP contribution in [0.4, 0.5) is 0 Å². The van der Waals surface area contributed by atoms with Gasteiger partial charge in [0.25, 0.3) is 0 Å². The molecule has 0 aliphatic heterocycles. The lowest BCUT2D eigenvalue weighted by Gasteiger charge is -2.05. The van der Waals surface area contributed by atoms with Crippen molar-refractivity contribution in [3.05, 3.63) is 88.8 Å². The fourth-order valence-electron chi connectivity index (χ4n) is 2.28. The van der Waals surface area contributed by atoms with Crippen molar-refractivity contribution < 1.29 is 18.7 Å².